The number of carbonyl (C=O) groups excluding carboxylic acids is 1. The molecule has 0 radical (unpaired) electrons. The second-order valence-electron chi connectivity index (χ2n) is 5.78. The maximum atomic E-state index is 12.3. The van der Waals surface area contributed by atoms with Crippen LogP contribution in [0.5, 0.6) is 5.75 Å². The smallest absolute Gasteiger partial charge is 0.140 e. The highest BCUT2D eigenvalue weighted by Gasteiger charge is 2.38. The molecule has 3 rings (SSSR count). The summed E-state index contributed by atoms with van der Waals surface area (Å²) in [5, 5.41) is 0.683. The molecule has 0 N–H and O–H groups in total. The highest BCUT2D eigenvalue weighted by molar-refractivity contribution is 6.30. The van der Waals surface area contributed by atoms with E-state index in [2.05, 4.69) is 0 Å². The van der Waals surface area contributed by atoms with Gasteiger partial charge in [-0.15, -0.1) is 0 Å². The van der Waals surface area contributed by atoms with Crippen molar-refractivity contribution >= 4 is 17.4 Å². The number of rotatable bonds is 5. The summed E-state index contributed by atoms with van der Waals surface area (Å²) in [5.41, 5.74) is 1.82. The van der Waals surface area contributed by atoms with Crippen LogP contribution in [-0.2, 0) is 22.4 Å². The molecular formula is C16H19ClO3. The van der Waals surface area contributed by atoms with Crippen molar-refractivity contribution in [2.45, 2.75) is 44.1 Å². The zero-order valence-corrected chi connectivity index (χ0v) is 12.5. The van der Waals surface area contributed by atoms with Crippen LogP contribution in [-0.4, -0.2) is 25.1 Å². The van der Waals surface area contributed by atoms with Crippen molar-refractivity contribution in [2.24, 2.45) is 0 Å². The summed E-state index contributed by atoms with van der Waals surface area (Å²) in [5.74, 6) is 1.06. The van der Waals surface area contributed by atoms with E-state index in [-0.39, 0.29) is 11.4 Å². The number of hydrogen-bond acceptors (Lipinski definition) is 3. The van der Waals surface area contributed by atoms with E-state index in [0.717, 1.165) is 42.6 Å². The summed E-state index contributed by atoms with van der Waals surface area (Å²) >= 11 is 6.12. The number of hydrogen-bond donors (Lipinski definition) is 0. The summed E-state index contributed by atoms with van der Waals surface area (Å²) in [7, 11) is 1.70. The third kappa shape index (κ3) is 2.57. The van der Waals surface area contributed by atoms with Gasteiger partial charge in [0.25, 0.3) is 0 Å². The highest BCUT2D eigenvalue weighted by Crippen LogP contribution is 2.39. The molecule has 0 spiro atoms. The molecule has 3 nitrogen and oxygen atoms in total. The van der Waals surface area contributed by atoms with Crippen LogP contribution < -0.4 is 4.74 Å². The first-order valence-electron chi connectivity index (χ1n) is 7.13. The predicted molar refractivity (Wildman–Crippen MR) is 77.6 cm³/mol. The molecular weight excluding hydrogens is 276 g/mol. The van der Waals surface area contributed by atoms with Gasteiger partial charge in [-0.05, 0) is 37.0 Å². The van der Waals surface area contributed by atoms with E-state index in [1.165, 1.54) is 0 Å². The Balaban J connectivity index is 1.73. The molecule has 4 heteroatoms. The predicted octanol–water partition coefficient (Wildman–Crippen LogP) is 3.35. The van der Waals surface area contributed by atoms with E-state index < -0.39 is 0 Å². The molecule has 1 aromatic rings. The molecule has 1 aliphatic carbocycles. The molecule has 1 aromatic carbocycles. The normalized spacial score (nSPS) is 19.1. The summed E-state index contributed by atoms with van der Waals surface area (Å²) in [6, 6.07) is 3.78. The molecule has 1 saturated carbocycles. The number of ketones is 1. The first-order valence-corrected chi connectivity index (χ1v) is 7.51. The lowest BCUT2D eigenvalue weighted by Gasteiger charge is -2.40. The first-order chi connectivity index (χ1) is 9.62. The minimum atomic E-state index is -0.209. The van der Waals surface area contributed by atoms with Crippen molar-refractivity contribution in [2.75, 3.05) is 13.7 Å². The molecule has 0 amide bonds. The lowest BCUT2D eigenvalue weighted by atomic mass is 9.76. The number of halogens is 1. The van der Waals surface area contributed by atoms with E-state index in [4.69, 9.17) is 21.1 Å². The molecule has 0 bridgehead atoms. The molecule has 0 atom stereocenters. The first kappa shape index (κ1) is 13.9. The molecule has 20 heavy (non-hydrogen) atoms. The molecule has 2 aliphatic rings. The molecule has 0 aromatic heterocycles. The van der Waals surface area contributed by atoms with Gasteiger partial charge in [0.2, 0.25) is 0 Å². The second-order valence-corrected chi connectivity index (χ2v) is 6.22. The van der Waals surface area contributed by atoms with Crippen LogP contribution in [0.3, 0.4) is 0 Å². The van der Waals surface area contributed by atoms with Gasteiger partial charge in [-0.2, -0.15) is 0 Å². The maximum absolute atomic E-state index is 12.3. The van der Waals surface area contributed by atoms with Crippen LogP contribution in [0.1, 0.15) is 36.8 Å². The van der Waals surface area contributed by atoms with Crippen LogP contribution in [0.15, 0.2) is 12.1 Å². The number of benzene rings is 1. The van der Waals surface area contributed by atoms with Gasteiger partial charge >= 0.3 is 0 Å². The van der Waals surface area contributed by atoms with Crippen molar-refractivity contribution in [1.29, 1.82) is 0 Å². The Bertz CT molecular complexity index is 529. The van der Waals surface area contributed by atoms with Crippen LogP contribution in [0.4, 0.5) is 0 Å². The Hall–Kier alpha value is -1.06. The zero-order valence-electron chi connectivity index (χ0n) is 11.7. The highest BCUT2D eigenvalue weighted by atomic mass is 35.5. The maximum Gasteiger partial charge on any atom is 0.140 e. The van der Waals surface area contributed by atoms with Crippen molar-refractivity contribution in [1.82, 2.24) is 0 Å². The third-order valence-corrected chi connectivity index (χ3v) is 4.65. The van der Waals surface area contributed by atoms with E-state index in [1.807, 2.05) is 12.1 Å². The van der Waals surface area contributed by atoms with E-state index in [1.54, 1.807) is 7.11 Å². The quantitative estimate of drug-likeness (QED) is 0.835. The average molecular weight is 295 g/mol. The van der Waals surface area contributed by atoms with Gasteiger partial charge in [-0.1, -0.05) is 11.6 Å². The number of Topliss-reactive ketones (excluding diaryl/α,β-unsaturated/α-hetero) is 1. The zero-order chi connectivity index (χ0) is 14.2. The van der Waals surface area contributed by atoms with Gasteiger partial charge in [0.15, 0.2) is 0 Å². The van der Waals surface area contributed by atoms with Gasteiger partial charge in [0.1, 0.15) is 11.5 Å². The van der Waals surface area contributed by atoms with Gasteiger partial charge in [-0.25, -0.2) is 0 Å². The van der Waals surface area contributed by atoms with Crippen LogP contribution >= 0.6 is 11.6 Å². The number of carbonyl (C=O) groups is 1. The monoisotopic (exact) mass is 294 g/mol. The number of fused-ring (bicyclic) bond motifs is 1. The minimum Gasteiger partial charge on any atom is -0.493 e. The van der Waals surface area contributed by atoms with Gasteiger partial charge in [-0.3, -0.25) is 4.79 Å². The Morgan fingerprint density at radius 1 is 1.45 bits per heavy atom. The van der Waals surface area contributed by atoms with E-state index >= 15 is 0 Å². The van der Waals surface area contributed by atoms with E-state index in [0.29, 0.717) is 24.5 Å². The summed E-state index contributed by atoms with van der Waals surface area (Å²) in [4.78, 5) is 12.3. The van der Waals surface area contributed by atoms with E-state index in [9.17, 15) is 4.79 Å². The Morgan fingerprint density at radius 3 is 2.90 bits per heavy atom. The summed E-state index contributed by atoms with van der Waals surface area (Å²) < 4.78 is 11.2. The fourth-order valence-electron chi connectivity index (χ4n) is 3.14. The molecule has 1 fully saturated rings. The van der Waals surface area contributed by atoms with Crippen molar-refractivity contribution in [3.05, 3.63) is 28.3 Å². The lowest BCUT2D eigenvalue weighted by molar-refractivity contribution is -0.131. The largest absolute Gasteiger partial charge is 0.493 e. The van der Waals surface area contributed by atoms with Gasteiger partial charge < -0.3 is 9.47 Å². The van der Waals surface area contributed by atoms with Crippen LogP contribution in [0.25, 0.3) is 0 Å². The number of ether oxygens (including phenoxy) is 2. The topological polar surface area (TPSA) is 35.5 Å². The molecule has 108 valence electrons. The minimum absolute atomic E-state index is 0.200. The van der Waals surface area contributed by atoms with Gasteiger partial charge in [0, 0.05) is 37.0 Å². The second kappa shape index (κ2) is 5.38. The summed E-state index contributed by atoms with van der Waals surface area (Å²) in [6.07, 6.45) is 4.87. The van der Waals surface area contributed by atoms with Crippen LogP contribution in [0, 0.1) is 0 Å². The number of methoxy groups -OCH3 is 1. The van der Waals surface area contributed by atoms with Crippen LogP contribution in [0.2, 0.25) is 5.02 Å². The molecule has 0 unspecified atom stereocenters. The molecule has 1 aliphatic heterocycles. The fraction of sp³-hybridized carbons (Fsp3) is 0.562. The molecule has 0 saturated heterocycles. The van der Waals surface area contributed by atoms with Crippen molar-refractivity contribution < 1.29 is 14.3 Å². The average Bonchev–Trinajstić information content (AvgIpc) is 2.82. The Labute approximate surface area is 124 Å². The Morgan fingerprint density at radius 2 is 2.25 bits per heavy atom. The third-order valence-electron chi connectivity index (χ3n) is 4.43. The van der Waals surface area contributed by atoms with Crippen molar-refractivity contribution in [3.8, 4) is 5.75 Å². The van der Waals surface area contributed by atoms with Crippen molar-refractivity contribution in [3.63, 3.8) is 0 Å². The lowest BCUT2D eigenvalue weighted by Crippen LogP contribution is -2.41. The molecule has 1 heterocycles. The SMILES string of the molecule is COC1(CC(=O)Cc2cc(Cl)cc3c2OCC3)CCC1. The van der Waals surface area contributed by atoms with Gasteiger partial charge in [0.05, 0.1) is 12.2 Å². The standard InChI is InChI=1S/C16H19ClO3/c1-19-16(4-2-5-16)10-14(18)9-12-8-13(17)7-11-3-6-20-15(11)12/h7-8H,2-6,9-10H2,1H3. The fourth-order valence-corrected chi connectivity index (χ4v) is 3.40. The Kier molecular flexibility index (Phi) is 3.74. The summed E-state index contributed by atoms with van der Waals surface area (Å²) in [6.45, 7) is 0.679.